The molecule has 1 aromatic carbocycles. The predicted molar refractivity (Wildman–Crippen MR) is 71.9 cm³/mol. The lowest BCUT2D eigenvalue weighted by molar-refractivity contribution is -0.119. The van der Waals surface area contributed by atoms with Crippen LogP contribution in [0.4, 0.5) is 0 Å². The summed E-state index contributed by atoms with van der Waals surface area (Å²) >= 11 is 0. The van der Waals surface area contributed by atoms with Crippen LogP contribution in [0, 0.1) is 0 Å². The molecule has 4 nitrogen and oxygen atoms in total. The molecule has 0 saturated carbocycles. The highest BCUT2D eigenvalue weighted by Gasteiger charge is 2.14. The first-order chi connectivity index (χ1) is 8.44. The van der Waals surface area contributed by atoms with E-state index < -0.39 is 9.84 Å². The quantitative estimate of drug-likeness (QED) is 0.813. The van der Waals surface area contributed by atoms with E-state index in [0.29, 0.717) is 0 Å². The average molecular weight is 269 g/mol. The summed E-state index contributed by atoms with van der Waals surface area (Å²) < 4.78 is 22.6. The molecule has 1 atom stereocenters. The second kappa shape index (κ2) is 6.66. The van der Waals surface area contributed by atoms with Crippen molar-refractivity contribution in [3.63, 3.8) is 0 Å². The van der Waals surface area contributed by atoms with Gasteiger partial charge in [0, 0.05) is 24.6 Å². The van der Waals surface area contributed by atoms with Crippen LogP contribution in [0.1, 0.15) is 31.4 Å². The molecule has 0 amide bonds. The molecular weight excluding hydrogens is 250 g/mol. The van der Waals surface area contributed by atoms with Gasteiger partial charge in [-0.15, -0.1) is 0 Å². The molecule has 2 N–H and O–H groups in total. The van der Waals surface area contributed by atoms with Gasteiger partial charge in [0.1, 0.15) is 15.6 Å². The van der Waals surface area contributed by atoms with Gasteiger partial charge in [-0.25, -0.2) is 8.42 Å². The first-order valence-corrected chi connectivity index (χ1v) is 7.79. The number of hydrogen-bond acceptors (Lipinski definition) is 4. The predicted octanol–water partition coefficient (Wildman–Crippen LogP) is 1.47. The fourth-order valence-electron chi connectivity index (χ4n) is 1.58. The van der Waals surface area contributed by atoms with Crippen molar-refractivity contribution in [1.29, 1.82) is 0 Å². The third-order valence-corrected chi connectivity index (χ3v) is 4.51. The van der Waals surface area contributed by atoms with E-state index in [1.54, 1.807) is 6.92 Å². The van der Waals surface area contributed by atoms with Crippen LogP contribution in [0.2, 0.25) is 0 Å². The molecule has 0 aliphatic heterocycles. The minimum absolute atomic E-state index is 0.0523. The molecular formula is C13H19NO3S. The van der Waals surface area contributed by atoms with E-state index in [4.69, 9.17) is 5.73 Å². The summed E-state index contributed by atoms with van der Waals surface area (Å²) in [4.78, 5) is 11.6. The number of rotatable bonds is 7. The Balaban J connectivity index is 2.46. The van der Waals surface area contributed by atoms with Crippen LogP contribution in [0.3, 0.4) is 0 Å². The van der Waals surface area contributed by atoms with E-state index in [-0.39, 0.29) is 36.2 Å². The summed E-state index contributed by atoms with van der Waals surface area (Å²) in [6, 6.07) is 8.97. The Morgan fingerprint density at radius 1 is 1.28 bits per heavy atom. The van der Waals surface area contributed by atoms with Gasteiger partial charge in [-0.3, -0.25) is 4.79 Å². The maximum absolute atomic E-state index is 11.6. The summed E-state index contributed by atoms with van der Waals surface area (Å²) in [7, 11) is -3.08. The summed E-state index contributed by atoms with van der Waals surface area (Å²) in [5, 5.41) is 0. The fraction of sp³-hybridized carbons (Fsp3) is 0.462. The largest absolute Gasteiger partial charge is 0.324 e. The zero-order valence-electron chi connectivity index (χ0n) is 10.5. The average Bonchev–Trinajstić information content (AvgIpc) is 2.37. The van der Waals surface area contributed by atoms with Crippen LogP contribution in [0.5, 0.6) is 0 Å². The molecule has 1 aromatic rings. The molecule has 100 valence electrons. The van der Waals surface area contributed by atoms with Crippen LogP contribution in [0.15, 0.2) is 30.3 Å². The SMILES string of the molecule is CCS(=O)(=O)CCC(=O)CC(N)c1ccccc1. The summed E-state index contributed by atoms with van der Waals surface area (Å²) in [6.07, 6.45) is 0.236. The van der Waals surface area contributed by atoms with Crippen molar-refractivity contribution in [2.45, 2.75) is 25.8 Å². The van der Waals surface area contributed by atoms with Gasteiger partial charge in [0.25, 0.3) is 0 Å². The van der Waals surface area contributed by atoms with Crippen molar-refractivity contribution in [2.24, 2.45) is 5.73 Å². The van der Waals surface area contributed by atoms with Gasteiger partial charge in [0.05, 0.1) is 5.75 Å². The highest BCUT2D eigenvalue weighted by atomic mass is 32.2. The van der Waals surface area contributed by atoms with Crippen molar-refractivity contribution in [2.75, 3.05) is 11.5 Å². The number of carbonyl (C=O) groups excluding carboxylic acids is 1. The minimum atomic E-state index is -3.08. The van der Waals surface area contributed by atoms with E-state index in [1.165, 1.54) is 0 Å². The molecule has 0 spiro atoms. The molecule has 0 bridgehead atoms. The van der Waals surface area contributed by atoms with Gasteiger partial charge in [-0.1, -0.05) is 37.3 Å². The van der Waals surface area contributed by atoms with E-state index in [2.05, 4.69) is 0 Å². The fourth-order valence-corrected chi connectivity index (χ4v) is 2.41. The van der Waals surface area contributed by atoms with Gasteiger partial charge >= 0.3 is 0 Å². The summed E-state index contributed by atoms with van der Waals surface area (Å²) in [5.74, 6) is -0.113. The second-order valence-corrected chi connectivity index (χ2v) is 6.72. The van der Waals surface area contributed by atoms with Crippen molar-refractivity contribution in [3.8, 4) is 0 Å². The Hall–Kier alpha value is -1.20. The van der Waals surface area contributed by atoms with Gasteiger partial charge in [0.2, 0.25) is 0 Å². The molecule has 0 aliphatic rings. The first kappa shape index (κ1) is 14.9. The third kappa shape index (κ3) is 4.98. The van der Waals surface area contributed by atoms with E-state index in [9.17, 15) is 13.2 Å². The molecule has 1 rings (SSSR count). The Morgan fingerprint density at radius 2 is 1.89 bits per heavy atom. The zero-order valence-corrected chi connectivity index (χ0v) is 11.3. The number of hydrogen-bond donors (Lipinski definition) is 1. The lowest BCUT2D eigenvalue weighted by atomic mass is 10.0. The van der Waals surface area contributed by atoms with Gasteiger partial charge in [0.15, 0.2) is 0 Å². The normalized spacial score (nSPS) is 13.2. The Kier molecular flexibility index (Phi) is 5.50. The van der Waals surface area contributed by atoms with Crippen LogP contribution in [-0.4, -0.2) is 25.7 Å². The number of benzene rings is 1. The lowest BCUT2D eigenvalue weighted by Crippen LogP contribution is -2.18. The summed E-state index contributed by atoms with van der Waals surface area (Å²) in [6.45, 7) is 1.58. The molecule has 18 heavy (non-hydrogen) atoms. The minimum Gasteiger partial charge on any atom is -0.324 e. The van der Waals surface area contributed by atoms with Crippen LogP contribution in [0.25, 0.3) is 0 Å². The molecule has 0 radical (unpaired) electrons. The van der Waals surface area contributed by atoms with Crippen molar-refractivity contribution in [1.82, 2.24) is 0 Å². The van der Waals surface area contributed by atoms with E-state index >= 15 is 0 Å². The number of ketones is 1. The van der Waals surface area contributed by atoms with Crippen LogP contribution < -0.4 is 5.73 Å². The highest BCUT2D eigenvalue weighted by molar-refractivity contribution is 7.91. The monoisotopic (exact) mass is 269 g/mol. The number of sulfone groups is 1. The Bertz CT molecular complexity index is 482. The lowest BCUT2D eigenvalue weighted by Gasteiger charge is -2.10. The molecule has 0 heterocycles. The topological polar surface area (TPSA) is 77.2 Å². The van der Waals surface area contributed by atoms with Gasteiger partial charge < -0.3 is 5.73 Å². The molecule has 0 aliphatic carbocycles. The second-order valence-electron chi connectivity index (χ2n) is 4.25. The Labute approximate surface area is 108 Å². The Morgan fingerprint density at radius 3 is 2.44 bits per heavy atom. The molecule has 0 saturated heterocycles. The van der Waals surface area contributed by atoms with Gasteiger partial charge in [-0.2, -0.15) is 0 Å². The number of nitrogens with two attached hydrogens (primary N) is 1. The molecule has 1 unspecified atom stereocenters. The third-order valence-electron chi connectivity index (χ3n) is 2.81. The van der Waals surface area contributed by atoms with Crippen LogP contribution in [-0.2, 0) is 14.6 Å². The zero-order chi connectivity index (χ0) is 13.6. The molecule has 5 heteroatoms. The maximum atomic E-state index is 11.6. The van der Waals surface area contributed by atoms with Crippen molar-refractivity contribution in [3.05, 3.63) is 35.9 Å². The maximum Gasteiger partial charge on any atom is 0.150 e. The van der Waals surface area contributed by atoms with Crippen molar-refractivity contribution >= 4 is 15.6 Å². The number of Topliss-reactive ketones (excluding diaryl/α,β-unsaturated/α-hetero) is 1. The first-order valence-electron chi connectivity index (χ1n) is 5.97. The van der Waals surface area contributed by atoms with Crippen LogP contribution >= 0.6 is 0 Å². The number of carbonyl (C=O) groups is 1. The molecule has 0 fully saturated rings. The summed E-state index contributed by atoms with van der Waals surface area (Å²) in [5.41, 5.74) is 6.79. The molecule has 0 aromatic heterocycles. The standard InChI is InChI=1S/C13H19NO3S/c1-2-18(16,17)9-8-12(15)10-13(14)11-6-4-3-5-7-11/h3-7,13H,2,8-10,14H2,1H3. The van der Waals surface area contributed by atoms with Gasteiger partial charge in [-0.05, 0) is 5.56 Å². The highest BCUT2D eigenvalue weighted by Crippen LogP contribution is 2.14. The van der Waals surface area contributed by atoms with E-state index in [0.717, 1.165) is 5.56 Å². The van der Waals surface area contributed by atoms with E-state index in [1.807, 2.05) is 30.3 Å². The van der Waals surface area contributed by atoms with Crippen molar-refractivity contribution < 1.29 is 13.2 Å². The smallest absolute Gasteiger partial charge is 0.150 e.